The Bertz CT molecular complexity index is 56.8. The number of hydrogen-bond acceptors (Lipinski definition) is 2. The van der Waals surface area contributed by atoms with Crippen LogP contribution < -0.4 is 0 Å². The Hall–Kier alpha value is 0.679. The van der Waals surface area contributed by atoms with Crippen LogP contribution in [0.15, 0.2) is 0 Å². The van der Waals surface area contributed by atoms with Gasteiger partial charge < -0.3 is 14.9 Å². The van der Waals surface area contributed by atoms with Crippen LogP contribution in [0.5, 0.6) is 0 Å². The molecule has 2 atom stereocenters. The molecule has 0 bridgehead atoms. The average Bonchev–Trinajstić information content (AvgIpc) is 2.13. The minimum Gasteiger partial charge on any atom is -0.662 e. The van der Waals surface area contributed by atoms with Gasteiger partial charge in [-0.05, 0) is 0 Å². The van der Waals surface area contributed by atoms with Crippen LogP contribution in [-0.2, 0) is 26.7 Å². The molecule has 0 rings (SSSR count). The molecule has 2 unspecified atom stereocenters. The van der Waals surface area contributed by atoms with Crippen molar-refractivity contribution < 1.29 is 26.7 Å². The van der Waals surface area contributed by atoms with Gasteiger partial charge in [0.05, 0.1) is 0 Å². The molecule has 72 valence electrons. The Labute approximate surface area is 89.7 Å². The summed E-state index contributed by atoms with van der Waals surface area (Å²) in [5.41, 5.74) is 0. The SMILES string of the molecule is PCC[N-]CCP.[CH-]=O.[CH-]=O.[Mn+3]. The summed E-state index contributed by atoms with van der Waals surface area (Å²) < 4.78 is 0. The van der Waals surface area contributed by atoms with Gasteiger partial charge in [0, 0.05) is 0 Å². The molecular formula is C6H14MnNO2P2. The summed E-state index contributed by atoms with van der Waals surface area (Å²) in [7, 11) is 5.30. The molecule has 0 saturated heterocycles. The molecule has 0 aliphatic carbocycles. The summed E-state index contributed by atoms with van der Waals surface area (Å²) in [6, 6.07) is 0. The predicted molar refractivity (Wildman–Crippen MR) is 55.7 cm³/mol. The van der Waals surface area contributed by atoms with E-state index in [-0.39, 0.29) is 17.1 Å². The number of carbonyl (C=O) groups excluding carboxylic acids is 2. The van der Waals surface area contributed by atoms with Gasteiger partial charge >= 0.3 is 17.1 Å². The van der Waals surface area contributed by atoms with E-state index in [1.54, 1.807) is 0 Å². The zero-order valence-corrected chi connectivity index (χ0v) is 10.3. The summed E-state index contributed by atoms with van der Waals surface area (Å²) in [6.45, 7) is 8.50. The Balaban J connectivity index is -0.0000000560. The van der Waals surface area contributed by atoms with E-state index in [0.29, 0.717) is 0 Å². The van der Waals surface area contributed by atoms with Gasteiger partial charge in [-0.2, -0.15) is 0 Å². The Morgan fingerprint density at radius 1 is 0.917 bits per heavy atom. The van der Waals surface area contributed by atoms with Gasteiger partial charge in [-0.25, -0.2) is 0 Å². The van der Waals surface area contributed by atoms with Crippen LogP contribution in [0.2, 0.25) is 0 Å². The third-order valence-corrected chi connectivity index (χ3v) is 1.09. The van der Waals surface area contributed by atoms with Crippen molar-refractivity contribution in [2.24, 2.45) is 0 Å². The molecule has 6 heteroatoms. The maximum atomic E-state index is 7.75. The van der Waals surface area contributed by atoms with Crippen molar-refractivity contribution in [1.29, 1.82) is 0 Å². The first-order chi connectivity index (χ1) is 5.41. The quantitative estimate of drug-likeness (QED) is 0.240. The molecule has 0 saturated carbocycles. The zero-order valence-electron chi connectivity index (χ0n) is 6.78. The van der Waals surface area contributed by atoms with Crippen molar-refractivity contribution in [3.63, 3.8) is 0 Å². The van der Waals surface area contributed by atoms with Crippen LogP contribution in [0.3, 0.4) is 0 Å². The fourth-order valence-corrected chi connectivity index (χ4v) is 0.660. The van der Waals surface area contributed by atoms with E-state index in [1.807, 2.05) is 0 Å². The van der Waals surface area contributed by atoms with Gasteiger partial charge in [0.2, 0.25) is 0 Å². The van der Waals surface area contributed by atoms with Crippen molar-refractivity contribution in [2.75, 3.05) is 25.4 Å². The van der Waals surface area contributed by atoms with Crippen molar-refractivity contribution in [1.82, 2.24) is 0 Å². The van der Waals surface area contributed by atoms with Gasteiger partial charge in [0.25, 0.3) is 0 Å². The fraction of sp³-hybridized carbons (Fsp3) is 0.667. The predicted octanol–water partition coefficient (Wildman–Crippen LogP) is 0.560. The molecule has 0 aromatic heterocycles. The molecule has 0 aromatic rings. The molecule has 0 amide bonds. The summed E-state index contributed by atoms with van der Waals surface area (Å²) >= 11 is 0. The summed E-state index contributed by atoms with van der Waals surface area (Å²) in [5.74, 6) is 0. The minimum absolute atomic E-state index is 0. The molecular weight excluding hydrogens is 235 g/mol. The van der Waals surface area contributed by atoms with E-state index < -0.39 is 0 Å². The first-order valence-electron chi connectivity index (χ1n) is 2.92. The van der Waals surface area contributed by atoms with Gasteiger partial charge in [-0.1, -0.05) is 12.3 Å². The van der Waals surface area contributed by atoms with Crippen molar-refractivity contribution in [3.8, 4) is 0 Å². The molecule has 0 fully saturated rings. The Morgan fingerprint density at radius 3 is 1.33 bits per heavy atom. The average molecular weight is 249 g/mol. The smallest absolute Gasteiger partial charge is 0.662 e. The number of hydrogen-bond donors (Lipinski definition) is 0. The second kappa shape index (κ2) is 41.3. The van der Waals surface area contributed by atoms with Crippen LogP contribution >= 0.6 is 18.5 Å². The van der Waals surface area contributed by atoms with E-state index >= 15 is 0 Å². The number of rotatable bonds is 4. The van der Waals surface area contributed by atoms with E-state index in [2.05, 4.69) is 37.4 Å². The molecule has 0 N–H and O–H groups in total. The summed E-state index contributed by atoms with van der Waals surface area (Å²) in [6.07, 6.45) is 2.20. The first-order valence-corrected chi connectivity index (χ1v) is 4.55. The largest absolute Gasteiger partial charge is 3.00 e. The topological polar surface area (TPSA) is 48.2 Å². The van der Waals surface area contributed by atoms with Crippen molar-refractivity contribution >= 4 is 32.1 Å². The van der Waals surface area contributed by atoms with Gasteiger partial charge in [0.1, 0.15) is 0 Å². The van der Waals surface area contributed by atoms with E-state index in [9.17, 15) is 0 Å². The summed E-state index contributed by atoms with van der Waals surface area (Å²) in [4.78, 5) is 15.5. The normalized spacial score (nSPS) is 6.17. The molecule has 0 spiro atoms. The molecule has 0 heterocycles. The maximum absolute atomic E-state index is 7.75. The molecule has 0 aromatic carbocycles. The van der Waals surface area contributed by atoms with Crippen LogP contribution in [0.25, 0.3) is 5.32 Å². The second-order valence-electron chi connectivity index (χ2n) is 1.25. The third-order valence-electron chi connectivity index (χ3n) is 0.574. The van der Waals surface area contributed by atoms with Crippen LogP contribution in [0, 0.1) is 0 Å². The standard InChI is InChI=1S/C4H12NP2.2CHO.Mn/c6-3-1-5-2-4-7;2*1-2;/h1-4,6-7H2;2*1H;/q3*-1;+3. The molecule has 0 aliphatic rings. The maximum Gasteiger partial charge on any atom is 3.00 e. The zero-order chi connectivity index (χ0) is 9.54. The molecule has 0 radical (unpaired) electrons. The second-order valence-corrected chi connectivity index (χ2v) is 2.40. The third kappa shape index (κ3) is 45.7. The molecule has 12 heavy (non-hydrogen) atoms. The monoisotopic (exact) mass is 249 g/mol. The Morgan fingerprint density at radius 2 is 1.17 bits per heavy atom. The molecule has 0 aliphatic heterocycles. The van der Waals surface area contributed by atoms with Crippen molar-refractivity contribution in [2.45, 2.75) is 0 Å². The van der Waals surface area contributed by atoms with Crippen LogP contribution in [0.1, 0.15) is 0 Å². The fourth-order valence-electron chi connectivity index (χ4n) is 0.294. The number of nitrogens with zero attached hydrogens (tertiary/aromatic N) is 1. The van der Waals surface area contributed by atoms with Gasteiger partial charge in [-0.3, -0.25) is 13.6 Å². The first kappa shape index (κ1) is 23.0. The van der Waals surface area contributed by atoms with Crippen LogP contribution in [0.4, 0.5) is 0 Å². The van der Waals surface area contributed by atoms with E-state index in [1.165, 1.54) is 0 Å². The summed E-state index contributed by atoms with van der Waals surface area (Å²) in [5, 5.41) is 4.17. The van der Waals surface area contributed by atoms with Crippen LogP contribution in [-0.4, -0.2) is 39.0 Å². The van der Waals surface area contributed by atoms with E-state index in [0.717, 1.165) is 25.4 Å². The van der Waals surface area contributed by atoms with Gasteiger partial charge in [0.15, 0.2) is 0 Å². The van der Waals surface area contributed by atoms with Gasteiger partial charge in [-0.15, -0.1) is 31.6 Å². The van der Waals surface area contributed by atoms with Crippen molar-refractivity contribution in [3.05, 3.63) is 5.32 Å². The van der Waals surface area contributed by atoms with E-state index in [4.69, 9.17) is 9.59 Å². The minimum atomic E-state index is 0. The Kier molecular flexibility index (Phi) is 79.0. The molecule has 3 nitrogen and oxygen atoms in total.